The highest BCUT2D eigenvalue weighted by Gasteiger charge is 2.49. The standard InChI is InChI=1S/C20H27ClN2O4S/c21-17-5-3-16(4-6-17)20(25)13-15(14-20)19(24)22-11-7-18(8-12-22)28(26,27)23-9-1-2-10-23/h3-6,15,18,25H,1-2,7-14H2. The predicted octanol–water partition coefficient (Wildman–Crippen LogP) is 2.35. The summed E-state index contributed by atoms with van der Waals surface area (Å²) in [5.41, 5.74) is -0.182. The maximum Gasteiger partial charge on any atom is 0.225 e. The van der Waals surface area contributed by atoms with Crippen LogP contribution in [0.25, 0.3) is 0 Å². The number of benzene rings is 1. The molecule has 4 rings (SSSR count). The third-order valence-corrected chi connectivity index (χ3v) is 9.15. The summed E-state index contributed by atoms with van der Waals surface area (Å²) >= 11 is 5.90. The molecule has 1 saturated carbocycles. The molecule has 3 aliphatic rings. The number of carbonyl (C=O) groups excluding carboxylic acids is 1. The van der Waals surface area contributed by atoms with Crippen molar-refractivity contribution < 1.29 is 18.3 Å². The van der Waals surface area contributed by atoms with Crippen LogP contribution in [0.5, 0.6) is 0 Å². The lowest BCUT2D eigenvalue weighted by atomic mass is 9.67. The van der Waals surface area contributed by atoms with E-state index in [2.05, 4.69) is 0 Å². The smallest absolute Gasteiger partial charge is 0.225 e. The molecule has 2 heterocycles. The molecular weight excluding hydrogens is 400 g/mol. The molecule has 0 aromatic heterocycles. The zero-order valence-corrected chi connectivity index (χ0v) is 17.5. The van der Waals surface area contributed by atoms with E-state index in [4.69, 9.17) is 11.6 Å². The van der Waals surface area contributed by atoms with Crippen LogP contribution < -0.4 is 0 Å². The first-order valence-corrected chi connectivity index (χ1v) is 11.9. The summed E-state index contributed by atoms with van der Waals surface area (Å²) in [6.45, 7) is 2.22. The first-order chi connectivity index (χ1) is 13.3. The van der Waals surface area contributed by atoms with Gasteiger partial charge in [0.15, 0.2) is 0 Å². The molecule has 1 aliphatic carbocycles. The van der Waals surface area contributed by atoms with Crippen molar-refractivity contribution in [1.29, 1.82) is 0 Å². The van der Waals surface area contributed by atoms with E-state index in [1.54, 1.807) is 33.5 Å². The molecular formula is C20H27ClN2O4S. The normalized spacial score (nSPS) is 29.6. The van der Waals surface area contributed by atoms with Crippen LogP contribution in [0, 0.1) is 5.92 Å². The molecule has 3 fully saturated rings. The minimum absolute atomic E-state index is 0.0376. The summed E-state index contributed by atoms with van der Waals surface area (Å²) in [6.07, 6.45) is 3.68. The van der Waals surface area contributed by atoms with Crippen molar-refractivity contribution in [2.24, 2.45) is 5.92 Å². The molecule has 28 heavy (non-hydrogen) atoms. The zero-order chi connectivity index (χ0) is 19.9. The maximum atomic E-state index is 12.8. The number of likely N-dealkylation sites (tertiary alicyclic amines) is 1. The molecule has 1 amide bonds. The number of piperidine rings is 1. The topological polar surface area (TPSA) is 77.9 Å². The van der Waals surface area contributed by atoms with Crippen LogP contribution in [-0.2, 0) is 20.4 Å². The summed E-state index contributed by atoms with van der Waals surface area (Å²) in [4.78, 5) is 14.6. The van der Waals surface area contributed by atoms with Crippen LogP contribution in [0.2, 0.25) is 5.02 Å². The van der Waals surface area contributed by atoms with E-state index in [1.807, 2.05) is 0 Å². The fourth-order valence-corrected chi connectivity index (χ4v) is 6.83. The van der Waals surface area contributed by atoms with E-state index in [1.165, 1.54) is 0 Å². The highest BCUT2D eigenvalue weighted by atomic mass is 35.5. The van der Waals surface area contributed by atoms with Crippen molar-refractivity contribution >= 4 is 27.5 Å². The lowest BCUT2D eigenvalue weighted by molar-refractivity contribution is -0.154. The van der Waals surface area contributed by atoms with Crippen molar-refractivity contribution in [2.45, 2.75) is 49.4 Å². The van der Waals surface area contributed by atoms with Gasteiger partial charge in [-0.2, -0.15) is 0 Å². The number of aliphatic hydroxyl groups is 1. The Morgan fingerprint density at radius 1 is 1.04 bits per heavy atom. The van der Waals surface area contributed by atoms with E-state index in [-0.39, 0.29) is 17.1 Å². The van der Waals surface area contributed by atoms with E-state index in [0.29, 0.717) is 56.9 Å². The Labute approximate surface area is 171 Å². The Morgan fingerprint density at radius 3 is 2.18 bits per heavy atom. The average molecular weight is 427 g/mol. The van der Waals surface area contributed by atoms with Crippen LogP contribution >= 0.6 is 11.6 Å². The SMILES string of the molecule is O=C(C1CC(O)(c2ccc(Cl)cc2)C1)N1CCC(S(=O)(=O)N2CCCC2)CC1. The second-order valence-electron chi connectivity index (χ2n) is 8.32. The number of nitrogens with zero attached hydrogens (tertiary/aromatic N) is 2. The molecule has 154 valence electrons. The number of sulfonamides is 1. The number of amides is 1. The number of carbonyl (C=O) groups is 1. The summed E-state index contributed by atoms with van der Waals surface area (Å²) in [7, 11) is -3.24. The first-order valence-electron chi connectivity index (χ1n) is 10.1. The molecule has 2 aliphatic heterocycles. The molecule has 1 aromatic rings. The largest absolute Gasteiger partial charge is 0.385 e. The van der Waals surface area contributed by atoms with E-state index in [9.17, 15) is 18.3 Å². The van der Waals surface area contributed by atoms with Gasteiger partial charge in [-0.05, 0) is 56.2 Å². The molecule has 1 N–H and O–H groups in total. The predicted molar refractivity (Wildman–Crippen MR) is 107 cm³/mol. The molecule has 0 spiro atoms. The Bertz CT molecular complexity index is 822. The van der Waals surface area contributed by atoms with Gasteiger partial charge >= 0.3 is 0 Å². The second kappa shape index (κ2) is 7.59. The van der Waals surface area contributed by atoms with Crippen molar-refractivity contribution in [2.75, 3.05) is 26.2 Å². The van der Waals surface area contributed by atoms with E-state index in [0.717, 1.165) is 18.4 Å². The summed E-state index contributed by atoms with van der Waals surface area (Å²) in [5.74, 6) is -0.164. The monoisotopic (exact) mass is 426 g/mol. The summed E-state index contributed by atoms with van der Waals surface area (Å²) in [6, 6.07) is 7.10. The maximum absolute atomic E-state index is 12.8. The summed E-state index contributed by atoms with van der Waals surface area (Å²) in [5, 5.41) is 11.0. The van der Waals surface area contributed by atoms with Gasteiger partial charge in [-0.15, -0.1) is 0 Å². The molecule has 6 nitrogen and oxygen atoms in total. The zero-order valence-electron chi connectivity index (χ0n) is 15.9. The number of halogens is 1. The van der Waals surface area contributed by atoms with Gasteiger partial charge in [0.1, 0.15) is 0 Å². The molecule has 2 saturated heterocycles. The lowest BCUT2D eigenvalue weighted by Gasteiger charge is -2.45. The van der Waals surface area contributed by atoms with Crippen LogP contribution in [0.1, 0.15) is 44.1 Å². The average Bonchev–Trinajstić information content (AvgIpc) is 3.21. The minimum atomic E-state index is -3.24. The van der Waals surface area contributed by atoms with E-state index < -0.39 is 15.6 Å². The highest BCUT2D eigenvalue weighted by Crippen LogP contribution is 2.46. The molecule has 8 heteroatoms. The lowest BCUT2D eigenvalue weighted by Crippen LogP contribution is -2.52. The second-order valence-corrected chi connectivity index (χ2v) is 11.0. The molecule has 0 unspecified atom stereocenters. The van der Waals surface area contributed by atoms with Gasteiger partial charge in [-0.25, -0.2) is 12.7 Å². The summed E-state index contributed by atoms with van der Waals surface area (Å²) < 4.78 is 27.0. The first kappa shape index (κ1) is 20.1. The third-order valence-electron chi connectivity index (χ3n) is 6.50. The molecule has 0 radical (unpaired) electrons. The Balaban J connectivity index is 1.31. The van der Waals surface area contributed by atoms with Gasteiger partial charge in [-0.1, -0.05) is 23.7 Å². The van der Waals surface area contributed by atoms with Crippen molar-refractivity contribution in [3.63, 3.8) is 0 Å². The number of hydrogen-bond donors (Lipinski definition) is 1. The Morgan fingerprint density at radius 2 is 1.61 bits per heavy atom. The Hall–Kier alpha value is -1.15. The fourth-order valence-electron chi connectivity index (χ4n) is 4.71. The minimum Gasteiger partial charge on any atom is -0.385 e. The van der Waals surface area contributed by atoms with Crippen LogP contribution in [0.3, 0.4) is 0 Å². The van der Waals surface area contributed by atoms with Crippen molar-refractivity contribution in [3.05, 3.63) is 34.9 Å². The van der Waals surface area contributed by atoms with E-state index >= 15 is 0 Å². The molecule has 0 atom stereocenters. The van der Waals surface area contributed by atoms with Gasteiger partial charge in [0, 0.05) is 37.1 Å². The van der Waals surface area contributed by atoms with Crippen LogP contribution in [0.4, 0.5) is 0 Å². The fraction of sp³-hybridized carbons (Fsp3) is 0.650. The quantitative estimate of drug-likeness (QED) is 0.801. The van der Waals surface area contributed by atoms with Gasteiger partial charge in [0.05, 0.1) is 10.9 Å². The number of rotatable bonds is 4. The third kappa shape index (κ3) is 3.70. The number of hydrogen-bond acceptors (Lipinski definition) is 4. The van der Waals surface area contributed by atoms with Gasteiger partial charge in [0.25, 0.3) is 0 Å². The van der Waals surface area contributed by atoms with Crippen molar-refractivity contribution in [3.8, 4) is 0 Å². The van der Waals surface area contributed by atoms with Crippen LogP contribution in [-0.4, -0.2) is 60.1 Å². The Kier molecular flexibility index (Phi) is 5.46. The van der Waals surface area contributed by atoms with Crippen LogP contribution in [0.15, 0.2) is 24.3 Å². The van der Waals surface area contributed by atoms with Gasteiger partial charge in [0.2, 0.25) is 15.9 Å². The molecule has 1 aromatic carbocycles. The highest BCUT2D eigenvalue weighted by molar-refractivity contribution is 7.89. The van der Waals surface area contributed by atoms with Gasteiger partial charge < -0.3 is 10.0 Å². The van der Waals surface area contributed by atoms with Crippen molar-refractivity contribution in [1.82, 2.24) is 9.21 Å². The van der Waals surface area contributed by atoms with Gasteiger partial charge in [-0.3, -0.25) is 4.79 Å². The molecule has 0 bridgehead atoms.